The molecule has 0 saturated carbocycles. The van der Waals surface area contributed by atoms with Crippen LogP contribution in [-0.4, -0.2) is 46.1 Å². The fraction of sp³-hybridized carbons (Fsp3) is 0.643. The highest BCUT2D eigenvalue weighted by atomic mass is 35.5. The summed E-state index contributed by atoms with van der Waals surface area (Å²) in [6.45, 7) is 2.75. The number of amides is 2. The van der Waals surface area contributed by atoms with E-state index in [1.807, 2.05) is 0 Å². The third-order valence-corrected chi connectivity index (χ3v) is 4.36. The standard InChI is InChI=1S/C14H18ClF3N4O2/c1-8(23)19-7-9-3-5-22(6-4-9)13(24)11-10(15)12(14(16,17)18)20-21(11)2/h9H,3-7H2,1-2H3,(H,19,23). The number of alkyl halides is 3. The molecule has 0 bridgehead atoms. The molecule has 0 atom stereocenters. The first-order valence-electron chi connectivity index (χ1n) is 7.44. The van der Waals surface area contributed by atoms with Crippen molar-refractivity contribution >= 4 is 23.4 Å². The molecule has 1 aromatic rings. The average Bonchev–Trinajstić information content (AvgIpc) is 2.80. The van der Waals surface area contributed by atoms with Crippen LogP contribution in [0.2, 0.25) is 5.02 Å². The Bertz CT molecular complexity index is 637. The number of rotatable bonds is 3. The molecular weight excluding hydrogens is 349 g/mol. The number of halogens is 4. The van der Waals surface area contributed by atoms with Crippen molar-refractivity contribution in [3.63, 3.8) is 0 Å². The first-order valence-corrected chi connectivity index (χ1v) is 7.82. The zero-order valence-corrected chi connectivity index (χ0v) is 14.0. The Morgan fingerprint density at radius 2 is 1.92 bits per heavy atom. The lowest BCUT2D eigenvalue weighted by atomic mass is 9.96. The Morgan fingerprint density at radius 3 is 2.38 bits per heavy atom. The molecule has 1 aliphatic rings. The summed E-state index contributed by atoms with van der Waals surface area (Å²) in [5.41, 5.74) is -1.51. The van der Waals surface area contributed by atoms with Crippen LogP contribution in [0.3, 0.4) is 0 Å². The van der Waals surface area contributed by atoms with E-state index in [0.717, 1.165) is 4.68 Å². The fourth-order valence-corrected chi connectivity index (χ4v) is 3.04. The van der Waals surface area contributed by atoms with Gasteiger partial charge in [0.05, 0.1) is 0 Å². The van der Waals surface area contributed by atoms with E-state index in [-0.39, 0.29) is 17.5 Å². The molecule has 0 aliphatic carbocycles. The summed E-state index contributed by atoms with van der Waals surface area (Å²) in [6.07, 6.45) is -3.39. The second-order valence-electron chi connectivity index (χ2n) is 5.81. The fourth-order valence-electron chi connectivity index (χ4n) is 2.69. The summed E-state index contributed by atoms with van der Waals surface area (Å²) < 4.78 is 39.4. The van der Waals surface area contributed by atoms with Gasteiger partial charge in [-0.15, -0.1) is 0 Å². The number of hydrogen-bond donors (Lipinski definition) is 1. The van der Waals surface area contributed by atoms with Crippen LogP contribution in [0.4, 0.5) is 13.2 Å². The number of carbonyl (C=O) groups excluding carboxylic acids is 2. The van der Waals surface area contributed by atoms with Gasteiger partial charge in [0.15, 0.2) is 5.69 Å². The molecule has 1 aliphatic heterocycles. The van der Waals surface area contributed by atoms with Crippen LogP contribution >= 0.6 is 11.6 Å². The summed E-state index contributed by atoms with van der Waals surface area (Å²) in [4.78, 5) is 24.9. The van der Waals surface area contributed by atoms with Gasteiger partial charge in [-0.3, -0.25) is 14.3 Å². The number of nitrogens with zero attached hydrogens (tertiary/aromatic N) is 3. The molecule has 1 fully saturated rings. The maximum atomic E-state index is 12.8. The van der Waals surface area contributed by atoms with Crippen molar-refractivity contribution in [1.82, 2.24) is 20.0 Å². The first kappa shape index (κ1) is 18.6. The minimum absolute atomic E-state index is 0.116. The minimum atomic E-state index is -4.71. The number of aromatic nitrogens is 2. The van der Waals surface area contributed by atoms with Crippen molar-refractivity contribution in [1.29, 1.82) is 0 Å². The number of carbonyl (C=O) groups is 2. The van der Waals surface area contributed by atoms with Gasteiger partial charge < -0.3 is 10.2 Å². The summed E-state index contributed by atoms with van der Waals surface area (Å²) in [5.74, 6) is -0.441. The molecule has 2 amide bonds. The van der Waals surface area contributed by atoms with Crippen LogP contribution in [0.15, 0.2) is 0 Å². The molecule has 24 heavy (non-hydrogen) atoms. The molecule has 1 N–H and O–H groups in total. The Morgan fingerprint density at radius 1 is 1.33 bits per heavy atom. The second-order valence-corrected chi connectivity index (χ2v) is 6.18. The molecule has 2 rings (SSSR count). The molecule has 10 heteroatoms. The summed E-state index contributed by atoms with van der Waals surface area (Å²) in [7, 11) is 1.26. The van der Waals surface area contributed by atoms with Gasteiger partial charge in [-0.1, -0.05) is 11.6 Å². The molecule has 1 saturated heterocycles. The number of nitrogens with one attached hydrogen (secondary N) is 1. The molecule has 0 spiro atoms. The van der Waals surface area contributed by atoms with Gasteiger partial charge in [-0.25, -0.2) is 0 Å². The molecule has 1 aromatic heterocycles. The topological polar surface area (TPSA) is 67.2 Å². The quantitative estimate of drug-likeness (QED) is 0.890. The molecule has 0 radical (unpaired) electrons. The Balaban J connectivity index is 2.06. The Kier molecular flexibility index (Phi) is 5.42. The van der Waals surface area contributed by atoms with E-state index in [4.69, 9.17) is 11.6 Å². The molecule has 134 valence electrons. The zero-order valence-electron chi connectivity index (χ0n) is 13.3. The maximum Gasteiger partial charge on any atom is 0.436 e. The molecule has 2 heterocycles. The van der Waals surface area contributed by atoms with Crippen molar-refractivity contribution in [2.75, 3.05) is 19.6 Å². The Labute approximate surface area is 141 Å². The van der Waals surface area contributed by atoms with Crippen LogP contribution in [0.5, 0.6) is 0 Å². The SMILES string of the molecule is CC(=O)NCC1CCN(C(=O)c2c(Cl)c(C(F)(F)F)nn2C)CC1. The van der Waals surface area contributed by atoms with Crippen molar-refractivity contribution < 1.29 is 22.8 Å². The van der Waals surface area contributed by atoms with Gasteiger partial charge in [0, 0.05) is 33.6 Å². The predicted octanol–water partition coefficient (Wildman–Crippen LogP) is 2.08. The van der Waals surface area contributed by atoms with E-state index < -0.39 is 22.8 Å². The van der Waals surface area contributed by atoms with Gasteiger partial charge in [0.1, 0.15) is 10.7 Å². The monoisotopic (exact) mass is 366 g/mol. The van der Waals surface area contributed by atoms with E-state index in [1.54, 1.807) is 0 Å². The highest BCUT2D eigenvalue weighted by Crippen LogP contribution is 2.36. The number of aryl methyl sites for hydroxylation is 1. The van der Waals surface area contributed by atoms with Gasteiger partial charge in [0.25, 0.3) is 5.91 Å². The van der Waals surface area contributed by atoms with Gasteiger partial charge >= 0.3 is 6.18 Å². The smallest absolute Gasteiger partial charge is 0.356 e. The highest BCUT2D eigenvalue weighted by Gasteiger charge is 2.40. The first-order chi connectivity index (χ1) is 11.1. The highest BCUT2D eigenvalue weighted by molar-refractivity contribution is 6.34. The van der Waals surface area contributed by atoms with Crippen molar-refractivity contribution in [2.24, 2.45) is 13.0 Å². The van der Waals surface area contributed by atoms with Gasteiger partial charge in [-0.2, -0.15) is 18.3 Å². The molecule has 0 aromatic carbocycles. The largest absolute Gasteiger partial charge is 0.436 e. The van der Waals surface area contributed by atoms with Crippen LogP contribution in [-0.2, 0) is 18.0 Å². The van der Waals surface area contributed by atoms with Crippen molar-refractivity contribution in [3.05, 3.63) is 16.4 Å². The molecule has 0 unspecified atom stereocenters. The normalized spacial score (nSPS) is 16.3. The Hall–Kier alpha value is -1.77. The molecule has 6 nitrogen and oxygen atoms in total. The molecular formula is C14H18ClF3N4O2. The third-order valence-electron chi connectivity index (χ3n) is 4.00. The van der Waals surface area contributed by atoms with Crippen LogP contribution in [0.1, 0.15) is 35.9 Å². The summed E-state index contributed by atoms with van der Waals surface area (Å²) >= 11 is 5.74. The maximum absolute atomic E-state index is 12.8. The lowest BCUT2D eigenvalue weighted by Gasteiger charge is -2.32. The van der Waals surface area contributed by atoms with Crippen LogP contribution < -0.4 is 5.32 Å². The number of likely N-dealkylation sites (tertiary alicyclic amines) is 1. The second kappa shape index (κ2) is 7.00. The van der Waals surface area contributed by atoms with E-state index in [9.17, 15) is 22.8 Å². The average molecular weight is 367 g/mol. The van der Waals surface area contributed by atoms with E-state index in [2.05, 4.69) is 10.4 Å². The summed E-state index contributed by atoms with van der Waals surface area (Å²) in [5, 5.41) is 5.38. The third kappa shape index (κ3) is 4.00. The van der Waals surface area contributed by atoms with Crippen molar-refractivity contribution in [2.45, 2.75) is 25.9 Å². The number of hydrogen-bond acceptors (Lipinski definition) is 3. The van der Waals surface area contributed by atoms with Crippen LogP contribution in [0.25, 0.3) is 0 Å². The van der Waals surface area contributed by atoms with Gasteiger partial charge in [0.2, 0.25) is 5.91 Å². The lowest BCUT2D eigenvalue weighted by molar-refractivity contribution is -0.141. The van der Waals surface area contributed by atoms with E-state index >= 15 is 0 Å². The van der Waals surface area contributed by atoms with E-state index in [1.165, 1.54) is 18.9 Å². The van der Waals surface area contributed by atoms with E-state index in [0.29, 0.717) is 32.5 Å². The predicted molar refractivity (Wildman–Crippen MR) is 80.5 cm³/mol. The number of piperidine rings is 1. The van der Waals surface area contributed by atoms with Crippen LogP contribution in [0, 0.1) is 5.92 Å². The lowest BCUT2D eigenvalue weighted by Crippen LogP contribution is -2.42. The zero-order chi connectivity index (χ0) is 18.1. The minimum Gasteiger partial charge on any atom is -0.356 e. The summed E-state index contributed by atoms with van der Waals surface area (Å²) in [6, 6.07) is 0. The van der Waals surface area contributed by atoms with Crippen molar-refractivity contribution in [3.8, 4) is 0 Å². The van der Waals surface area contributed by atoms with Gasteiger partial charge in [-0.05, 0) is 18.8 Å².